The van der Waals surface area contributed by atoms with Crippen LogP contribution in [0.15, 0.2) is 0 Å². The summed E-state index contributed by atoms with van der Waals surface area (Å²) in [5.41, 5.74) is 0. The van der Waals surface area contributed by atoms with Crippen molar-refractivity contribution >= 4 is 11.9 Å². The Labute approximate surface area is 113 Å². The standard InChI is InChI=1S/C14H23NO4/c1-10(8-13(16)17)11-4-2-6-15(9-11)14(18)12-5-3-7-19-12/h10-12H,2-9H2,1H3,(H,16,17). The fourth-order valence-electron chi connectivity index (χ4n) is 3.09. The summed E-state index contributed by atoms with van der Waals surface area (Å²) in [6, 6.07) is 0. The smallest absolute Gasteiger partial charge is 0.303 e. The second kappa shape index (κ2) is 6.37. The number of carboxylic acid groups (broad SMARTS) is 1. The molecule has 2 fully saturated rings. The molecule has 5 nitrogen and oxygen atoms in total. The third-order valence-electron chi connectivity index (χ3n) is 4.28. The lowest BCUT2D eigenvalue weighted by Crippen LogP contribution is -2.46. The van der Waals surface area contributed by atoms with Gasteiger partial charge in [0.2, 0.25) is 0 Å². The number of rotatable bonds is 4. The maximum atomic E-state index is 12.3. The van der Waals surface area contributed by atoms with Gasteiger partial charge in [-0.05, 0) is 37.5 Å². The first-order valence-corrected chi connectivity index (χ1v) is 7.20. The third kappa shape index (κ3) is 3.69. The second-order valence-electron chi connectivity index (χ2n) is 5.76. The number of likely N-dealkylation sites (tertiary alicyclic amines) is 1. The fourth-order valence-corrected chi connectivity index (χ4v) is 3.09. The van der Waals surface area contributed by atoms with Crippen LogP contribution in [-0.2, 0) is 14.3 Å². The van der Waals surface area contributed by atoms with Gasteiger partial charge >= 0.3 is 5.97 Å². The molecule has 2 heterocycles. The lowest BCUT2D eigenvalue weighted by Gasteiger charge is -2.36. The molecule has 1 amide bonds. The third-order valence-corrected chi connectivity index (χ3v) is 4.28. The number of amides is 1. The number of carboxylic acids is 1. The van der Waals surface area contributed by atoms with E-state index in [0.717, 1.165) is 32.2 Å². The summed E-state index contributed by atoms with van der Waals surface area (Å²) in [4.78, 5) is 24.9. The highest BCUT2D eigenvalue weighted by atomic mass is 16.5. The van der Waals surface area contributed by atoms with Crippen LogP contribution in [0.4, 0.5) is 0 Å². The summed E-state index contributed by atoms with van der Waals surface area (Å²) in [7, 11) is 0. The number of nitrogens with zero attached hydrogens (tertiary/aromatic N) is 1. The van der Waals surface area contributed by atoms with Crippen LogP contribution in [0, 0.1) is 11.8 Å². The molecule has 2 rings (SSSR count). The summed E-state index contributed by atoms with van der Waals surface area (Å²) >= 11 is 0. The number of hydrogen-bond acceptors (Lipinski definition) is 3. The molecule has 0 aromatic rings. The quantitative estimate of drug-likeness (QED) is 0.840. The predicted octanol–water partition coefficient (Wildman–Crippen LogP) is 1.51. The van der Waals surface area contributed by atoms with E-state index in [-0.39, 0.29) is 24.3 Å². The van der Waals surface area contributed by atoms with Gasteiger partial charge < -0.3 is 14.7 Å². The summed E-state index contributed by atoms with van der Waals surface area (Å²) in [6.07, 6.45) is 3.70. The number of hydrogen-bond donors (Lipinski definition) is 1. The number of piperidine rings is 1. The molecule has 2 saturated heterocycles. The Morgan fingerprint density at radius 3 is 2.79 bits per heavy atom. The number of ether oxygens (including phenoxy) is 1. The van der Waals surface area contributed by atoms with Crippen LogP contribution in [0.2, 0.25) is 0 Å². The largest absolute Gasteiger partial charge is 0.481 e. The summed E-state index contributed by atoms with van der Waals surface area (Å²) in [6.45, 7) is 4.13. The lowest BCUT2D eigenvalue weighted by molar-refractivity contribution is -0.143. The van der Waals surface area contributed by atoms with Crippen molar-refractivity contribution in [3.63, 3.8) is 0 Å². The molecule has 0 spiro atoms. The molecule has 1 N–H and O–H groups in total. The van der Waals surface area contributed by atoms with Crippen molar-refractivity contribution in [2.24, 2.45) is 11.8 Å². The van der Waals surface area contributed by atoms with E-state index in [1.54, 1.807) is 0 Å². The molecule has 2 aliphatic rings. The van der Waals surface area contributed by atoms with Crippen molar-refractivity contribution in [2.45, 2.75) is 45.1 Å². The summed E-state index contributed by atoms with van der Waals surface area (Å²) < 4.78 is 5.44. The van der Waals surface area contributed by atoms with Crippen molar-refractivity contribution in [1.82, 2.24) is 4.90 Å². The van der Waals surface area contributed by atoms with Crippen molar-refractivity contribution in [3.05, 3.63) is 0 Å². The van der Waals surface area contributed by atoms with Gasteiger partial charge in [-0.3, -0.25) is 9.59 Å². The Morgan fingerprint density at radius 2 is 2.16 bits per heavy atom. The fraction of sp³-hybridized carbons (Fsp3) is 0.857. The van der Waals surface area contributed by atoms with Crippen molar-refractivity contribution in [1.29, 1.82) is 0 Å². The van der Waals surface area contributed by atoms with Crippen molar-refractivity contribution < 1.29 is 19.4 Å². The van der Waals surface area contributed by atoms with E-state index in [2.05, 4.69) is 0 Å². The zero-order valence-corrected chi connectivity index (χ0v) is 11.5. The lowest BCUT2D eigenvalue weighted by atomic mass is 9.84. The van der Waals surface area contributed by atoms with Gasteiger partial charge in [0.1, 0.15) is 6.10 Å². The van der Waals surface area contributed by atoms with Gasteiger partial charge in [-0.25, -0.2) is 0 Å². The minimum absolute atomic E-state index is 0.102. The Bertz CT molecular complexity index is 338. The molecular weight excluding hydrogens is 246 g/mol. The van der Waals surface area contributed by atoms with Crippen LogP contribution in [0.1, 0.15) is 39.0 Å². The molecule has 0 bridgehead atoms. The highest BCUT2D eigenvalue weighted by Gasteiger charge is 2.33. The van der Waals surface area contributed by atoms with E-state index < -0.39 is 5.97 Å². The van der Waals surface area contributed by atoms with Gasteiger partial charge in [0, 0.05) is 26.1 Å². The average molecular weight is 269 g/mol. The van der Waals surface area contributed by atoms with E-state index in [0.29, 0.717) is 19.1 Å². The molecule has 0 radical (unpaired) electrons. The Morgan fingerprint density at radius 1 is 1.37 bits per heavy atom. The highest BCUT2D eigenvalue weighted by Crippen LogP contribution is 2.27. The zero-order valence-electron chi connectivity index (χ0n) is 11.5. The molecule has 0 aromatic heterocycles. The molecule has 0 aliphatic carbocycles. The number of carbonyl (C=O) groups is 2. The van der Waals surface area contributed by atoms with Crippen LogP contribution >= 0.6 is 0 Å². The maximum absolute atomic E-state index is 12.3. The van der Waals surface area contributed by atoms with E-state index in [4.69, 9.17) is 9.84 Å². The van der Waals surface area contributed by atoms with Crippen molar-refractivity contribution in [2.75, 3.05) is 19.7 Å². The molecule has 0 saturated carbocycles. The Kier molecular flexibility index (Phi) is 4.80. The van der Waals surface area contributed by atoms with E-state index in [1.165, 1.54) is 0 Å². The highest BCUT2D eigenvalue weighted by molar-refractivity contribution is 5.81. The molecular formula is C14H23NO4. The van der Waals surface area contributed by atoms with Gasteiger partial charge in [0.05, 0.1) is 0 Å². The molecule has 5 heteroatoms. The van der Waals surface area contributed by atoms with Crippen molar-refractivity contribution in [3.8, 4) is 0 Å². The SMILES string of the molecule is CC(CC(=O)O)C1CCCN(C(=O)C2CCCO2)C1. The topological polar surface area (TPSA) is 66.8 Å². The average Bonchev–Trinajstić information content (AvgIpc) is 2.91. The predicted molar refractivity (Wildman–Crippen MR) is 69.7 cm³/mol. The van der Waals surface area contributed by atoms with E-state index >= 15 is 0 Å². The van der Waals surface area contributed by atoms with Gasteiger partial charge in [-0.15, -0.1) is 0 Å². The minimum atomic E-state index is -0.755. The van der Waals surface area contributed by atoms with Gasteiger partial charge in [0.15, 0.2) is 0 Å². The van der Waals surface area contributed by atoms with Crippen LogP contribution in [0.3, 0.4) is 0 Å². The molecule has 0 aromatic carbocycles. The first kappa shape index (κ1) is 14.3. The van der Waals surface area contributed by atoms with Gasteiger partial charge in [0.25, 0.3) is 5.91 Å². The molecule has 2 aliphatic heterocycles. The van der Waals surface area contributed by atoms with Gasteiger partial charge in [-0.1, -0.05) is 6.92 Å². The van der Waals surface area contributed by atoms with Crippen LogP contribution < -0.4 is 0 Å². The monoisotopic (exact) mass is 269 g/mol. The normalized spacial score (nSPS) is 29.2. The summed E-state index contributed by atoms with van der Waals surface area (Å²) in [5.74, 6) is -0.229. The molecule has 3 unspecified atom stereocenters. The number of carbonyl (C=O) groups excluding carboxylic acids is 1. The molecule has 3 atom stereocenters. The maximum Gasteiger partial charge on any atom is 0.303 e. The first-order chi connectivity index (χ1) is 9.08. The first-order valence-electron chi connectivity index (χ1n) is 7.20. The van der Waals surface area contributed by atoms with Crippen LogP contribution in [0.25, 0.3) is 0 Å². The van der Waals surface area contributed by atoms with Gasteiger partial charge in [-0.2, -0.15) is 0 Å². The zero-order chi connectivity index (χ0) is 13.8. The Hall–Kier alpha value is -1.10. The summed E-state index contributed by atoms with van der Waals surface area (Å²) in [5, 5.41) is 8.86. The Balaban J connectivity index is 1.89. The number of aliphatic carboxylic acids is 1. The second-order valence-corrected chi connectivity index (χ2v) is 5.76. The van der Waals surface area contributed by atoms with Crippen LogP contribution in [-0.4, -0.2) is 47.7 Å². The van der Waals surface area contributed by atoms with E-state index in [1.807, 2.05) is 11.8 Å². The molecule has 19 heavy (non-hydrogen) atoms. The van der Waals surface area contributed by atoms with Crippen LogP contribution in [0.5, 0.6) is 0 Å². The minimum Gasteiger partial charge on any atom is -0.481 e. The molecule has 108 valence electrons. The van der Waals surface area contributed by atoms with E-state index in [9.17, 15) is 9.59 Å².